The Morgan fingerprint density at radius 3 is 2.45 bits per heavy atom. The zero-order valence-electron chi connectivity index (χ0n) is 10.4. The van der Waals surface area contributed by atoms with E-state index in [4.69, 9.17) is 28.3 Å². The minimum atomic E-state index is -0.751. The highest BCUT2D eigenvalue weighted by atomic mass is 35.5. The van der Waals surface area contributed by atoms with Crippen molar-refractivity contribution in [1.29, 1.82) is 0 Å². The molecule has 0 aliphatic heterocycles. The molecule has 0 saturated heterocycles. The highest BCUT2D eigenvalue weighted by molar-refractivity contribution is 6.36. The van der Waals surface area contributed by atoms with Crippen LogP contribution in [0.25, 0.3) is 0 Å². The molecule has 0 radical (unpaired) electrons. The molecule has 0 aliphatic rings. The van der Waals surface area contributed by atoms with Crippen LogP contribution in [0.2, 0.25) is 10.0 Å². The van der Waals surface area contributed by atoms with Crippen LogP contribution >= 0.6 is 23.2 Å². The van der Waals surface area contributed by atoms with Crippen LogP contribution in [-0.2, 0) is 0 Å². The molecule has 6 heteroatoms. The Morgan fingerprint density at radius 2 is 1.80 bits per heavy atom. The molecule has 2 aromatic carbocycles. The van der Waals surface area contributed by atoms with E-state index in [-0.39, 0.29) is 5.02 Å². The lowest BCUT2D eigenvalue weighted by molar-refractivity contribution is 0.432. The average molecular weight is 318 g/mol. The fourth-order valence-corrected chi connectivity index (χ4v) is 2.56. The minimum absolute atomic E-state index is 0.0725. The summed E-state index contributed by atoms with van der Waals surface area (Å²) in [6.45, 7) is 1.72. The van der Waals surface area contributed by atoms with Gasteiger partial charge in [0.1, 0.15) is 5.82 Å². The standard InChI is InChI=1S/C14H11Cl2F2NO/c1-7(13-9(15)3-4-10(17)14(13)16)19-8-2-5-12(20)11(18)6-8/h2-7,19-20H,1H3. The van der Waals surface area contributed by atoms with E-state index in [0.717, 1.165) is 6.07 Å². The third-order valence-corrected chi connectivity index (χ3v) is 3.56. The second-order valence-electron chi connectivity index (χ2n) is 4.29. The first-order chi connectivity index (χ1) is 9.40. The number of phenolic OH excluding ortho intramolecular Hbond substituents is 1. The second-order valence-corrected chi connectivity index (χ2v) is 5.07. The number of benzene rings is 2. The summed E-state index contributed by atoms with van der Waals surface area (Å²) < 4.78 is 26.7. The summed E-state index contributed by atoms with van der Waals surface area (Å²) in [5.74, 6) is -1.76. The Bertz CT molecular complexity index is 649. The molecule has 0 heterocycles. The highest BCUT2D eigenvalue weighted by Crippen LogP contribution is 2.34. The van der Waals surface area contributed by atoms with Gasteiger partial charge in [-0.3, -0.25) is 0 Å². The quantitative estimate of drug-likeness (QED) is 0.606. The van der Waals surface area contributed by atoms with E-state index in [1.54, 1.807) is 6.92 Å². The summed E-state index contributed by atoms with van der Waals surface area (Å²) >= 11 is 11.9. The van der Waals surface area contributed by atoms with Crippen LogP contribution in [0.1, 0.15) is 18.5 Å². The minimum Gasteiger partial charge on any atom is -0.505 e. The van der Waals surface area contributed by atoms with Crippen molar-refractivity contribution in [3.8, 4) is 5.75 Å². The van der Waals surface area contributed by atoms with Crippen molar-refractivity contribution in [3.05, 3.63) is 57.6 Å². The van der Waals surface area contributed by atoms with Crippen LogP contribution in [0.15, 0.2) is 30.3 Å². The molecule has 2 nitrogen and oxygen atoms in total. The number of halogens is 4. The number of aromatic hydroxyl groups is 1. The first-order valence-electron chi connectivity index (χ1n) is 5.78. The lowest BCUT2D eigenvalue weighted by Gasteiger charge is -2.19. The van der Waals surface area contributed by atoms with Crippen LogP contribution in [0.4, 0.5) is 14.5 Å². The average Bonchev–Trinajstić information content (AvgIpc) is 2.39. The van der Waals surface area contributed by atoms with Gasteiger partial charge >= 0.3 is 0 Å². The third-order valence-electron chi connectivity index (χ3n) is 2.84. The molecule has 2 N–H and O–H groups in total. The Hall–Kier alpha value is -1.52. The Kier molecular flexibility index (Phi) is 4.35. The number of phenols is 1. The summed E-state index contributed by atoms with van der Waals surface area (Å²) in [5.41, 5.74) is 0.811. The van der Waals surface area contributed by atoms with Crippen molar-refractivity contribution < 1.29 is 13.9 Å². The maximum Gasteiger partial charge on any atom is 0.166 e. The lowest BCUT2D eigenvalue weighted by Crippen LogP contribution is -2.09. The van der Waals surface area contributed by atoms with E-state index >= 15 is 0 Å². The summed E-state index contributed by atoms with van der Waals surface area (Å²) in [6, 6.07) is 6.01. The number of anilines is 1. The van der Waals surface area contributed by atoms with Gasteiger partial charge in [-0.2, -0.15) is 0 Å². The Balaban J connectivity index is 2.30. The maximum atomic E-state index is 13.5. The normalized spacial score (nSPS) is 12.2. The molecule has 0 fully saturated rings. The van der Waals surface area contributed by atoms with E-state index in [2.05, 4.69) is 5.32 Å². The smallest absolute Gasteiger partial charge is 0.166 e. The Morgan fingerprint density at radius 1 is 1.10 bits per heavy atom. The Labute approximate surface area is 125 Å². The topological polar surface area (TPSA) is 32.3 Å². The molecule has 2 rings (SSSR count). The van der Waals surface area contributed by atoms with E-state index < -0.39 is 23.4 Å². The van der Waals surface area contributed by atoms with Gasteiger partial charge in [0.05, 0.1) is 11.1 Å². The number of hydrogen-bond acceptors (Lipinski definition) is 2. The molecule has 0 aliphatic carbocycles. The molecule has 0 amide bonds. The van der Waals surface area contributed by atoms with E-state index in [9.17, 15) is 8.78 Å². The van der Waals surface area contributed by atoms with Crippen molar-refractivity contribution in [3.63, 3.8) is 0 Å². The van der Waals surface area contributed by atoms with Crippen LogP contribution in [0.3, 0.4) is 0 Å². The molecule has 20 heavy (non-hydrogen) atoms. The van der Waals surface area contributed by atoms with Crippen molar-refractivity contribution >= 4 is 28.9 Å². The fraction of sp³-hybridized carbons (Fsp3) is 0.143. The van der Waals surface area contributed by atoms with Gasteiger partial charge in [-0.25, -0.2) is 8.78 Å². The van der Waals surface area contributed by atoms with Crippen molar-refractivity contribution in [2.75, 3.05) is 5.32 Å². The van der Waals surface area contributed by atoms with Gasteiger partial charge in [0.25, 0.3) is 0 Å². The summed E-state index contributed by atoms with van der Waals surface area (Å²) in [6.07, 6.45) is 0. The molecular formula is C14H11Cl2F2NO. The van der Waals surface area contributed by atoms with Crippen LogP contribution in [-0.4, -0.2) is 5.11 Å². The molecule has 106 valence electrons. The first-order valence-corrected chi connectivity index (χ1v) is 6.54. The summed E-state index contributed by atoms with van der Waals surface area (Å²) in [4.78, 5) is 0. The van der Waals surface area contributed by atoms with Gasteiger partial charge in [-0.15, -0.1) is 0 Å². The molecular weight excluding hydrogens is 307 g/mol. The molecule has 0 aromatic heterocycles. The van der Waals surface area contributed by atoms with E-state index in [1.165, 1.54) is 24.3 Å². The highest BCUT2D eigenvalue weighted by Gasteiger charge is 2.17. The molecule has 0 saturated carbocycles. The molecule has 1 unspecified atom stereocenters. The molecule has 2 aromatic rings. The SMILES string of the molecule is CC(Nc1ccc(O)c(F)c1)c1c(Cl)ccc(F)c1Cl. The van der Waals surface area contributed by atoms with E-state index in [1.807, 2.05) is 0 Å². The summed E-state index contributed by atoms with van der Waals surface area (Å²) in [5, 5.41) is 12.3. The van der Waals surface area contributed by atoms with Crippen molar-refractivity contribution in [2.45, 2.75) is 13.0 Å². The lowest BCUT2D eigenvalue weighted by atomic mass is 10.1. The number of nitrogens with one attached hydrogen (secondary N) is 1. The number of hydrogen-bond donors (Lipinski definition) is 2. The zero-order chi connectivity index (χ0) is 14.9. The van der Waals surface area contributed by atoms with Crippen molar-refractivity contribution in [1.82, 2.24) is 0 Å². The predicted octanol–water partition coefficient (Wildman–Crippen LogP) is 5.15. The largest absolute Gasteiger partial charge is 0.505 e. The van der Waals surface area contributed by atoms with Crippen LogP contribution in [0.5, 0.6) is 5.75 Å². The van der Waals surface area contributed by atoms with Gasteiger partial charge in [0.2, 0.25) is 0 Å². The molecule has 0 spiro atoms. The monoisotopic (exact) mass is 317 g/mol. The molecule has 0 bridgehead atoms. The van der Waals surface area contributed by atoms with Crippen LogP contribution in [0, 0.1) is 11.6 Å². The van der Waals surface area contributed by atoms with Gasteiger partial charge in [-0.1, -0.05) is 23.2 Å². The fourth-order valence-electron chi connectivity index (χ4n) is 1.86. The second kappa shape index (κ2) is 5.85. The van der Waals surface area contributed by atoms with Crippen LogP contribution < -0.4 is 5.32 Å². The summed E-state index contributed by atoms with van der Waals surface area (Å²) in [7, 11) is 0. The van der Waals surface area contributed by atoms with Gasteiger partial charge in [0.15, 0.2) is 11.6 Å². The first kappa shape index (κ1) is 14.9. The molecule has 1 atom stereocenters. The van der Waals surface area contributed by atoms with Gasteiger partial charge in [-0.05, 0) is 31.2 Å². The number of rotatable bonds is 3. The van der Waals surface area contributed by atoms with E-state index in [0.29, 0.717) is 16.3 Å². The van der Waals surface area contributed by atoms with Crippen molar-refractivity contribution in [2.24, 2.45) is 0 Å². The van der Waals surface area contributed by atoms with Gasteiger partial charge in [0, 0.05) is 22.3 Å². The maximum absolute atomic E-state index is 13.5. The predicted molar refractivity (Wildman–Crippen MR) is 76.5 cm³/mol. The third kappa shape index (κ3) is 2.97. The zero-order valence-corrected chi connectivity index (χ0v) is 11.9. The van der Waals surface area contributed by atoms with Gasteiger partial charge < -0.3 is 10.4 Å².